The van der Waals surface area contributed by atoms with Crippen LogP contribution in [0, 0.1) is 0 Å². The second-order valence-corrected chi connectivity index (χ2v) is 3.14. The van der Waals surface area contributed by atoms with Crippen LogP contribution in [0.2, 0.25) is 0 Å². The lowest BCUT2D eigenvalue weighted by Crippen LogP contribution is -2.41. The molecule has 1 amide bonds. The van der Waals surface area contributed by atoms with Gasteiger partial charge in [0.15, 0.2) is 0 Å². The molecular weight excluding hydrogens is 180 g/mol. The van der Waals surface area contributed by atoms with Gasteiger partial charge in [-0.1, -0.05) is 12.1 Å². The van der Waals surface area contributed by atoms with Gasteiger partial charge in [-0.25, -0.2) is 0 Å². The van der Waals surface area contributed by atoms with Crippen LogP contribution in [0.15, 0.2) is 24.3 Å². The maximum Gasteiger partial charge on any atom is 0.253 e. The lowest BCUT2D eigenvalue weighted by atomic mass is 10.2. The fourth-order valence-electron chi connectivity index (χ4n) is 1.43. The Morgan fingerprint density at radius 1 is 1.29 bits per heavy atom. The van der Waals surface area contributed by atoms with E-state index in [0.29, 0.717) is 18.8 Å². The van der Waals surface area contributed by atoms with E-state index in [1.165, 1.54) is 0 Å². The lowest BCUT2D eigenvalue weighted by Gasteiger charge is -2.27. The molecule has 0 bridgehead atoms. The highest BCUT2D eigenvalue weighted by Gasteiger charge is 2.19. The van der Waals surface area contributed by atoms with E-state index in [-0.39, 0.29) is 12.5 Å². The van der Waals surface area contributed by atoms with Crippen molar-refractivity contribution < 1.29 is 9.53 Å². The number of nitrogens with zero attached hydrogens (tertiary/aromatic N) is 1. The normalized spacial score (nSPS) is 17.1. The predicted octanol–water partition coefficient (Wildman–Crippen LogP) is 1.73. The zero-order chi connectivity index (χ0) is 9.97. The van der Waals surface area contributed by atoms with E-state index in [9.17, 15) is 4.79 Å². The average Bonchev–Trinajstić information content (AvgIpc) is 2.20. The summed E-state index contributed by atoms with van der Waals surface area (Å²) in [6.45, 7) is 1.33. The molecule has 4 heteroatoms. The molecule has 1 aliphatic heterocycles. The molecule has 4 nitrogen and oxygen atoms in total. The van der Waals surface area contributed by atoms with E-state index in [1.54, 1.807) is 29.2 Å². The molecule has 0 aliphatic carbocycles. The summed E-state index contributed by atoms with van der Waals surface area (Å²) in [6.07, 6.45) is 0. The third-order valence-corrected chi connectivity index (χ3v) is 2.16. The molecule has 0 spiro atoms. The van der Waals surface area contributed by atoms with Gasteiger partial charge in [0.1, 0.15) is 6.61 Å². The molecular formula is C10H11N2O2-. The summed E-state index contributed by atoms with van der Waals surface area (Å²) in [6, 6.07) is 6.92. The van der Waals surface area contributed by atoms with Gasteiger partial charge in [-0.05, 0) is 12.1 Å². The number of hydrogen-bond donors (Lipinski definition) is 0. The third kappa shape index (κ3) is 1.70. The van der Waals surface area contributed by atoms with Gasteiger partial charge in [0.25, 0.3) is 5.91 Å². The molecule has 14 heavy (non-hydrogen) atoms. The second-order valence-electron chi connectivity index (χ2n) is 3.14. The Morgan fingerprint density at radius 3 is 2.64 bits per heavy atom. The van der Waals surface area contributed by atoms with Crippen molar-refractivity contribution in [2.45, 2.75) is 0 Å². The van der Waals surface area contributed by atoms with Crippen LogP contribution in [0.5, 0.6) is 0 Å². The van der Waals surface area contributed by atoms with Crippen LogP contribution in [0.3, 0.4) is 0 Å². The number of nitrogens with one attached hydrogen (secondary N) is 1. The maximum absolute atomic E-state index is 11.4. The zero-order valence-corrected chi connectivity index (χ0v) is 7.69. The van der Waals surface area contributed by atoms with Crippen LogP contribution in [0.25, 0.3) is 5.73 Å². The van der Waals surface area contributed by atoms with E-state index >= 15 is 0 Å². The molecule has 1 N–H and O–H groups in total. The molecule has 74 valence electrons. The Balaban J connectivity index is 2.20. The van der Waals surface area contributed by atoms with Crippen molar-refractivity contribution in [1.29, 1.82) is 0 Å². The van der Waals surface area contributed by atoms with Gasteiger partial charge in [0.2, 0.25) is 0 Å². The second kappa shape index (κ2) is 3.67. The zero-order valence-electron chi connectivity index (χ0n) is 7.69. The van der Waals surface area contributed by atoms with Crippen molar-refractivity contribution in [3.05, 3.63) is 30.0 Å². The monoisotopic (exact) mass is 191 g/mol. The minimum absolute atomic E-state index is 0.0195. The molecule has 1 fully saturated rings. The highest BCUT2D eigenvalue weighted by atomic mass is 16.5. The molecule has 1 aliphatic rings. The van der Waals surface area contributed by atoms with Gasteiger partial charge in [0, 0.05) is 12.2 Å². The fraction of sp³-hybridized carbons (Fsp3) is 0.300. The van der Waals surface area contributed by atoms with Crippen molar-refractivity contribution in [2.75, 3.05) is 24.7 Å². The summed E-state index contributed by atoms with van der Waals surface area (Å²) in [5.41, 5.74) is 8.62. The van der Waals surface area contributed by atoms with Crippen LogP contribution in [0.4, 0.5) is 11.4 Å². The SMILES string of the molecule is [NH-]c1ccc(N2CCOCC2=O)cc1. The van der Waals surface area contributed by atoms with Crippen molar-refractivity contribution in [1.82, 2.24) is 0 Å². The van der Waals surface area contributed by atoms with Crippen molar-refractivity contribution in [2.24, 2.45) is 0 Å². The first-order chi connectivity index (χ1) is 6.77. The quantitative estimate of drug-likeness (QED) is 0.678. The molecule has 1 saturated heterocycles. The minimum atomic E-state index is -0.0195. The van der Waals surface area contributed by atoms with Crippen LogP contribution in [-0.2, 0) is 9.53 Å². The summed E-state index contributed by atoms with van der Waals surface area (Å²) in [5.74, 6) is -0.0195. The topological polar surface area (TPSA) is 53.3 Å². The summed E-state index contributed by atoms with van der Waals surface area (Å²) in [4.78, 5) is 13.1. The molecule has 2 rings (SSSR count). The number of amides is 1. The first-order valence-corrected chi connectivity index (χ1v) is 4.47. The summed E-state index contributed by atoms with van der Waals surface area (Å²) >= 11 is 0. The number of carbonyl (C=O) groups excluding carboxylic acids is 1. The highest BCUT2D eigenvalue weighted by Crippen LogP contribution is 2.20. The smallest absolute Gasteiger partial charge is 0.253 e. The van der Waals surface area contributed by atoms with Crippen molar-refractivity contribution >= 4 is 17.3 Å². The molecule has 0 saturated carbocycles. The maximum atomic E-state index is 11.4. The molecule has 1 aromatic rings. The van der Waals surface area contributed by atoms with Crippen molar-refractivity contribution in [3.8, 4) is 0 Å². The predicted molar refractivity (Wildman–Crippen MR) is 53.6 cm³/mol. The van der Waals surface area contributed by atoms with Crippen molar-refractivity contribution in [3.63, 3.8) is 0 Å². The number of ether oxygens (including phenoxy) is 1. The first-order valence-electron chi connectivity index (χ1n) is 4.47. The van der Waals surface area contributed by atoms with Gasteiger partial charge in [-0.2, -0.15) is 0 Å². The van der Waals surface area contributed by atoms with Gasteiger partial charge in [0.05, 0.1) is 6.61 Å². The van der Waals surface area contributed by atoms with Crippen LogP contribution in [0.1, 0.15) is 0 Å². The number of benzene rings is 1. The number of hydrogen-bond acceptors (Lipinski definition) is 2. The minimum Gasteiger partial charge on any atom is -0.699 e. The Kier molecular flexibility index (Phi) is 2.37. The van der Waals surface area contributed by atoms with Crippen LogP contribution in [-0.4, -0.2) is 25.7 Å². The summed E-state index contributed by atoms with van der Waals surface area (Å²) in [5, 5.41) is 0. The van der Waals surface area contributed by atoms with E-state index in [4.69, 9.17) is 10.5 Å². The third-order valence-electron chi connectivity index (χ3n) is 2.16. The first kappa shape index (κ1) is 9.02. The van der Waals surface area contributed by atoms with Gasteiger partial charge < -0.3 is 15.4 Å². The van der Waals surface area contributed by atoms with E-state index in [2.05, 4.69) is 0 Å². The molecule has 0 radical (unpaired) electrons. The fourth-order valence-corrected chi connectivity index (χ4v) is 1.43. The highest BCUT2D eigenvalue weighted by molar-refractivity contribution is 5.94. The largest absolute Gasteiger partial charge is 0.699 e. The molecule has 0 unspecified atom stereocenters. The molecule has 0 atom stereocenters. The lowest BCUT2D eigenvalue weighted by molar-refractivity contribution is -0.125. The Morgan fingerprint density at radius 2 is 2.00 bits per heavy atom. The molecule has 1 aromatic carbocycles. The Bertz CT molecular complexity index is 334. The van der Waals surface area contributed by atoms with E-state index in [0.717, 1.165) is 5.69 Å². The number of carbonyl (C=O) groups is 1. The Hall–Kier alpha value is -1.55. The van der Waals surface area contributed by atoms with E-state index < -0.39 is 0 Å². The van der Waals surface area contributed by atoms with Gasteiger partial charge in [-0.3, -0.25) is 4.79 Å². The number of morpholine rings is 1. The summed E-state index contributed by atoms with van der Waals surface area (Å²) < 4.78 is 5.03. The summed E-state index contributed by atoms with van der Waals surface area (Å²) in [7, 11) is 0. The van der Waals surface area contributed by atoms with Gasteiger partial charge >= 0.3 is 0 Å². The van der Waals surface area contributed by atoms with Crippen LogP contribution >= 0.6 is 0 Å². The van der Waals surface area contributed by atoms with Gasteiger partial charge in [-0.15, -0.1) is 5.69 Å². The average molecular weight is 191 g/mol. The standard InChI is InChI=1S/C10H11N2O2/c11-8-1-3-9(4-2-8)12-5-6-14-7-10(12)13/h1-4,11H,5-7H2/q-1. The molecule has 0 aromatic heterocycles. The van der Waals surface area contributed by atoms with E-state index in [1.807, 2.05) is 0 Å². The Labute approximate surface area is 82.3 Å². The number of rotatable bonds is 1. The van der Waals surface area contributed by atoms with Crippen LogP contribution < -0.4 is 4.90 Å². The molecule has 1 heterocycles. The number of anilines is 1.